The van der Waals surface area contributed by atoms with Gasteiger partial charge < -0.3 is 15.0 Å². The Morgan fingerprint density at radius 3 is 2.52 bits per heavy atom. The maximum atomic E-state index is 11.9. The lowest BCUT2D eigenvalue weighted by Gasteiger charge is -2.23. The fraction of sp³-hybridized carbons (Fsp3) is 0.467. The van der Waals surface area contributed by atoms with Gasteiger partial charge in [-0.25, -0.2) is 4.98 Å². The Balaban J connectivity index is 2.78. The quantitative estimate of drug-likeness (QED) is 0.863. The van der Waals surface area contributed by atoms with Gasteiger partial charge in [0.15, 0.2) is 0 Å². The third-order valence-electron chi connectivity index (χ3n) is 3.48. The number of nitrogens with zero attached hydrogens (tertiary/aromatic N) is 2. The molecule has 0 aliphatic carbocycles. The second-order valence-electron chi connectivity index (χ2n) is 5.40. The summed E-state index contributed by atoms with van der Waals surface area (Å²) in [4.78, 5) is 16.5. The summed E-state index contributed by atoms with van der Waals surface area (Å²) in [5.74, 6) is 0.966. The summed E-state index contributed by atoms with van der Waals surface area (Å²) in [6, 6.07) is 5.03. The van der Waals surface area contributed by atoms with Gasteiger partial charge in [-0.15, -0.1) is 11.6 Å². The molecule has 21 heavy (non-hydrogen) atoms. The van der Waals surface area contributed by atoms with Crippen LogP contribution in [-0.4, -0.2) is 22.6 Å². The monoisotopic (exact) mass is 309 g/mol. The number of hydrogen-bond acceptors (Lipinski definition) is 3. The Morgan fingerprint density at radius 2 is 2.05 bits per heavy atom. The molecule has 0 spiro atoms. The van der Waals surface area contributed by atoms with Gasteiger partial charge in [0.25, 0.3) is 0 Å². The Bertz CT molecular complexity index is 664. The van der Waals surface area contributed by atoms with Crippen molar-refractivity contribution in [2.45, 2.75) is 32.2 Å². The van der Waals surface area contributed by atoms with E-state index in [2.05, 4.69) is 4.98 Å². The number of ether oxygens (including phenoxy) is 1. The summed E-state index contributed by atoms with van der Waals surface area (Å²) in [5, 5.41) is -0.330. The molecule has 0 saturated heterocycles. The number of nitrogens with two attached hydrogens (primary N) is 1. The SMILES string of the molecule is COc1ccc2nc(C(C)Cl)n(C(C(N)=O)C(C)C)c2c1. The van der Waals surface area contributed by atoms with E-state index in [-0.39, 0.29) is 11.3 Å². The molecule has 0 aliphatic rings. The maximum Gasteiger partial charge on any atom is 0.240 e. The molecule has 2 rings (SSSR count). The summed E-state index contributed by atoms with van der Waals surface area (Å²) in [7, 11) is 1.60. The molecule has 1 amide bonds. The number of halogens is 1. The highest BCUT2D eigenvalue weighted by Gasteiger charge is 2.28. The number of primary amides is 1. The topological polar surface area (TPSA) is 70.1 Å². The molecule has 0 bridgehead atoms. The number of benzene rings is 1. The predicted octanol–water partition coefficient (Wildman–Crippen LogP) is 3.03. The van der Waals surface area contributed by atoms with Crippen LogP contribution in [0, 0.1) is 5.92 Å². The number of carbonyl (C=O) groups excluding carboxylic acids is 1. The zero-order valence-corrected chi connectivity index (χ0v) is 13.4. The van der Waals surface area contributed by atoms with E-state index in [1.54, 1.807) is 7.11 Å². The van der Waals surface area contributed by atoms with Crippen molar-refractivity contribution in [3.63, 3.8) is 0 Å². The van der Waals surface area contributed by atoms with Gasteiger partial charge in [0.05, 0.1) is 23.5 Å². The van der Waals surface area contributed by atoms with Crippen LogP contribution in [0.5, 0.6) is 5.75 Å². The number of fused-ring (bicyclic) bond motifs is 1. The lowest BCUT2D eigenvalue weighted by molar-refractivity contribution is -0.122. The second kappa shape index (κ2) is 5.93. The lowest BCUT2D eigenvalue weighted by atomic mass is 10.0. The molecule has 1 aromatic heterocycles. The van der Waals surface area contributed by atoms with Crippen molar-refractivity contribution in [3.05, 3.63) is 24.0 Å². The molecule has 6 heteroatoms. The van der Waals surface area contributed by atoms with E-state index in [0.717, 1.165) is 11.0 Å². The second-order valence-corrected chi connectivity index (χ2v) is 6.06. The maximum absolute atomic E-state index is 11.9. The first-order chi connectivity index (χ1) is 9.86. The van der Waals surface area contributed by atoms with Gasteiger partial charge in [0, 0.05) is 6.07 Å². The van der Waals surface area contributed by atoms with Crippen molar-refractivity contribution in [2.24, 2.45) is 11.7 Å². The van der Waals surface area contributed by atoms with Crippen molar-refractivity contribution in [1.29, 1.82) is 0 Å². The van der Waals surface area contributed by atoms with Gasteiger partial charge in [-0.05, 0) is 25.0 Å². The third kappa shape index (κ3) is 2.83. The Labute approximate surface area is 129 Å². The molecule has 2 N–H and O–H groups in total. The Morgan fingerprint density at radius 1 is 1.38 bits per heavy atom. The van der Waals surface area contributed by atoms with Crippen LogP contribution in [0.25, 0.3) is 11.0 Å². The molecule has 2 atom stereocenters. The molecule has 114 valence electrons. The highest BCUT2D eigenvalue weighted by Crippen LogP contribution is 2.32. The summed E-state index contributed by atoms with van der Waals surface area (Å²) in [6.07, 6.45) is 0. The van der Waals surface area contributed by atoms with E-state index in [0.29, 0.717) is 11.6 Å². The van der Waals surface area contributed by atoms with E-state index in [1.165, 1.54) is 0 Å². The summed E-state index contributed by atoms with van der Waals surface area (Å²) in [6.45, 7) is 5.73. The minimum Gasteiger partial charge on any atom is -0.497 e. The van der Waals surface area contributed by atoms with E-state index in [4.69, 9.17) is 22.1 Å². The first kappa shape index (κ1) is 15.6. The number of imidazole rings is 1. The minimum atomic E-state index is -0.502. The van der Waals surface area contributed by atoms with Gasteiger partial charge in [0.1, 0.15) is 17.6 Å². The fourth-order valence-electron chi connectivity index (χ4n) is 2.55. The number of carbonyl (C=O) groups is 1. The number of amides is 1. The zero-order chi connectivity index (χ0) is 15.7. The first-order valence-corrected chi connectivity index (χ1v) is 7.29. The van der Waals surface area contributed by atoms with Gasteiger partial charge in [0.2, 0.25) is 5.91 Å². The fourth-order valence-corrected chi connectivity index (χ4v) is 2.70. The molecular weight excluding hydrogens is 290 g/mol. The van der Waals surface area contributed by atoms with Crippen LogP contribution in [0.1, 0.15) is 38.0 Å². The Kier molecular flexibility index (Phi) is 4.42. The van der Waals surface area contributed by atoms with Crippen molar-refractivity contribution < 1.29 is 9.53 Å². The molecule has 2 aromatic rings. The van der Waals surface area contributed by atoms with Crippen LogP contribution in [-0.2, 0) is 4.79 Å². The minimum absolute atomic E-state index is 0.0280. The summed E-state index contributed by atoms with van der Waals surface area (Å²) >= 11 is 6.24. The lowest BCUT2D eigenvalue weighted by Crippen LogP contribution is -2.31. The average molecular weight is 310 g/mol. The zero-order valence-electron chi connectivity index (χ0n) is 12.6. The van der Waals surface area contributed by atoms with Crippen molar-refractivity contribution in [3.8, 4) is 5.75 Å². The van der Waals surface area contributed by atoms with Crippen molar-refractivity contribution >= 4 is 28.5 Å². The van der Waals surface area contributed by atoms with E-state index in [9.17, 15) is 4.79 Å². The summed E-state index contributed by atoms with van der Waals surface area (Å²) < 4.78 is 7.09. The number of rotatable bonds is 5. The standard InChI is InChI=1S/C15H20ClN3O2/c1-8(2)13(14(17)20)19-12-7-10(21-4)5-6-11(12)18-15(19)9(3)16/h5-9,13H,1-4H3,(H2,17,20). The highest BCUT2D eigenvalue weighted by molar-refractivity contribution is 6.20. The molecule has 1 aromatic carbocycles. The van der Waals surface area contributed by atoms with E-state index < -0.39 is 11.9 Å². The van der Waals surface area contributed by atoms with Crippen LogP contribution < -0.4 is 10.5 Å². The largest absolute Gasteiger partial charge is 0.497 e. The third-order valence-corrected chi connectivity index (χ3v) is 3.68. The molecule has 0 aliphatic heterocycles. The molecule has 5 nitrogen and oxygen atoms in total. The van der Waals surface area contributed by atoms with Crippen molar-refractivity contribution in [1.82, 2.24) is 9.55 Å². The number of methoxy groups -OCH3 is 1. The average Bonchev–Trinajstić information content (AvgIpc) is 2.77. The van der Waals surface area contributed by atoms with Crippen LogP contribution in [0.4, 0.5) is 0 Å². The number of aromatic nitrogens is 2. The summed E-state index contributed by atoms with van der Waals surface area (Å²) in [5.41, 5.74) is 7.17. The molecule has 0 saturated carbocycles. The van der Waals surface area contributed by atoms with Crippen LogP contribution in [0.3, 0.4) is 0 Å². The van der Waals surface area contributed by atoms with Gasteiger partial charge in [-0.3, -0.25) is 4.79 Å². The van der Waals surface area contributed by atoms with Crippen LogP contribution in [0.2, 0.25) is 0 Å². The van der Waals surface area contributed by atoms with E-state index >= 15 is 0 Å². The normalized spacial score (nSPS) is 14.4. The molecular formula is C15H20ClN3O2. The van der Waals surface area contributed by atoms with Gasteiger partial charge in [-0.2, -0.15) is 0 Å². The molecule has 0 fully saturated rings. The molecule has 0 radical (unpaired) electrons. The van der Waals surface area contributed by atoms with Crippen LogP contribution >= 0.6 is 11.6 Å². The van der Waals surface area contributed by atoms with Gasteiger partial charge in [-0.1, -0.05) is 13.8 Å². The molecule has 1 heterocycles. The highest BCUT2D eigenvalue weighted by atomic mass is 35.5. The molecule has 2 unspecified atom stereocenters. The smallest absolute Gasteiger partial charge is 0.240 e. The first-order valence-electron chi connectivity index (χ1n) is 6.86. The number of hydrogen-bond donors (Lipinski definition) is 1. The predicted molar refractivity (Wildman–Crippen MR) is 83.6 cm³/mol. The van der Waals surface area contributed by atoms with Gasteiger partial charge >= 0.3 is 0 Å². The van der Waals surface area contributed by atoms with E-state index in [1.807, 2.05) is 43.5 Å². The van der Waals surface area contributed by atoms with Crippen LogP contribution in [0.15, 0.2) is 18.2 Å². The Hall–Kier alpha value is -1.75. The van der Waals surface area contributed by atoms with Crippen molar-refractivity contribution in [2.75, 3.05) is 7.11 Å². The number of alkyl halides is 1.